The number of nitrogens with zero attached hydrogens (tertiary/aromatic N) is 3. The Bertz CT molecular complexity index is 1230. The van der Waals surface area contributed by atoms with E-state index in [1.807, 2.05) is 42.5 Å². The highest BCUT2D eigenvalue weighted by atomic mass is 35.5. The van der Waals surface area contributed by atoms with E-state index in [0.717, 1.165) is 35.6 Å². The van der Waals surface area contributed by atoms with E-state index in [0.29, 0.717) is 35.7 Å². The first-order chi connectivity index (χ1) is 15.9. The highest BCUT2D eigenvalue weighted by molar-refractivity contribution is 7.70. The number of ether oxygens (including phenoxy) is 2. The van der Waals surface area contributed by atoms with Crippen molar-refractivity contribution in [2.45, 2.75) is 6.04 Å². The molecule has 2 aromatic carbocycles. The van der Waals surface area contributed by atoms with Gasteiger partial charge in [0.1, 0.15) is 24.5 Å². The smallest absolute Gasteiger partial charge is 0.229 e. The summed E-state index contributed by atoms with van der Waals surface area (Å²) in [5.41, 5.74) is 2.58. The standard InChI is InChI=1S/C23H25ClN5O3P/c1-33(2,30)21-6-4-3-5-18(21)27-22-17(24)12-25-23(28-22)26-15-7-8-19-20(11-15)32-14-16-13-31-10-9-29(16)19/h3-8,11-12,16H,9-10,13-14H2,1-2H3,(H2,25,26,27,28)/t16-/m0/s1. The molecule has 0 spiro atoms. The van der Waals surface area contributed by atoms with Gasteiger partial charge < -0.3 is 29.6 Å². The molecule has 33 heavy (non-hydrogen) atoms. The molecule has 3 heterocycles. The van der Waals surface area contributed by atoms with Crippen molar-refractivity contribution in [3.05, 3.63) is 53.7 Å². The first kappa shape index (κ1) is 22.0. The largest absolute Gasteiger partial charge is 0.489 e. The normalized spacial score (nSPS) is 17.5. The van der Waals surface area contributed by atoms with Crippen molar-refractivity contribution in [2.24, 2.45) is 0 Å². The summed E-state index contributed by atoms with van der Waals surface area (Å²) in [4.78, 5) is 11.2. The summed E-state index contributed by atoms with van der Waals surface area (Å²) >= 11 is 6.36. The molecule has 172 valence electrons. The zero-order valence-electron chi connectivity index (χ0n) is 18.4. The number of hydrogen-bond acceptors (Lipinski definition) is 8. The van der Waals surface area contributed by atoms with Gasteiger partial charge in [0, 0.05) is 23.6 Å². The van der Waals surface area contributed by atoms with Gasteiger partial charge >= 0.3 is 0 Å². The summed E-state index contributed by atoms with van der Waals surface area (Å²) in [6, 6.07) is 13.7. The molecular formula is C23H25ClN5O3P. The van der Waals surface area contributed by atoms with Crippen LogP contribution in [0.2, 0.25) is 5.02 Å². The molecule has 0 radical (unpaired) electrons. The highest BCUT2D eigenvalue weighted by Crippen LogP contribution is 2.39. The van der Waals surface area contributed by atoms with E-state index in [2.05, 4.69) is 25.5 Å². The molecule has 5 rings (SSSR count). The molecule has 10 heteroatoms. The summed E-state index contributed by atoms with van der Waals surface area (Å²) in [6.45, 7) is 6.33. The van der Waals surface area contributed by atoms with Crippen LogP contribution in [-0.2, 0) is 9.30 Å². The van der Waals surface area contributed by atoms with Gasteiger partial charge in [-0.25, -0.2) is 4.98 Å². The fourth-order valence-corrected chi connectivity index (χ4v) is 5.36. The molecule has 0 aliphatic carbocycles. The van der Waals surface area contributed by atoms with Crippen molar-refractivity contribution in [3.63, 3.8) is 0 Å². The third-order valence-corrected chi connectivity index (χ3v) is 7.49. The monoisotopic (exact) mass is 485 g/mol. The van der Waals surface area contributed by atoms with Gasteiger partial charge in [-0.1, -0.05) is 23.7 Å². The van der Waals surface area contributed by atoms with Crippen molar-refractivity contribution in [3.8, 4) is 5.75 Å². The van der Waals surface area contributed by atoms with Crippen LogP contribution in [0.25, 0.3) is 0 Å². The number of fused-ring (bicyclic) bond motifs is 3. The average molecular weight is 486 g/mol. The second kappa shape index (κ2) is 8.86. The van der Waals surface area contributed by atoms with Gasteiger partial charge in [0.05, 0.1) is 36.8 Å². The Hall–Kier alpha value is -2.80. The number of halogens is 1. The number of benzene rings is 2. The molecule has 0 amide bonds. The lowest BCUT2D eigenvalue weighted by atomic mass is 10.1. The zero-order chi connectivity index (χ0) is 23.0. The van der Waals surface area contributed by atoms with Gasteiger partial charge in [-0.3, -0.25) is 0 Å². The number of anilines is 5. The summed E-state index contributed by atoms with van der Waals surface area (Å²) in [6.07, 6.45) is 1.53. The lowest BCUT2D eigenvalue weighted by Crippen LogP contribution is -2.51. The van der Waals surface area contributed by atoms with Crippen LogP contribution in [0.4, 0.5) is 28.8 Å². The minimum Gasteiger partial charge on any atom is -0.489 e. The minimum absolute atomic E-state index is 0.253. The summed E-state index contributed by atoms with van der Waals surface area (Å²) in [5, 5.41) is 7.55. The number of hydrogen-bond donors (Lipinski definition) is 2. The predicted octanol–water partition coefficient (Wildman–Crippen LogP) is 4.46. The van der Waals surface area contributed by atoms with E-state index in [-0.39, 0.29) is 6.04 Å². The van der Waals surface area contributed by atoms with Gasteiger partial charge in [0.25, 0.3) is 0 Å². The SMILES string of the molecule is CP(C)(=O)c1ccccc1Nc1nc(Nc2ccc3c(c2)OC[C@@H]2COCCN32)ncc1Cl. The van der Waals surface area contributed by atoms with Gasteiger partial charge in [-0.2, -0.15) is 4.98 Å². The van der Waals surface area contributed by atoms with Gasteiger partial charge in [-0.15, -0.1) is 0 Å². The van der Waals surface area contributed by atoms with E-state index in [4.69, 9.17) is 21.1 Å². The van der Waals surface area contributed by atoms with Crippen molar-refractivity contribution >= 4 is 52.9 Å². The van der Waals surface area contributed by atoms with Crippen molar-refractivity contribution < 1.29 is 14.0 Å². The van der Waals surface area contributed by atoms with Crippen molar-refractivity contribution in [1.29, 1.82) is 0 Å². The summed E-state index contributed by atoms with van der Waals surface area (Å²) < 4.78 is 24.2. The second-order valence-corrected chi connectivity index (χ2v) is 12.0. The quantitative estimate of drug-likeness (QED) is 0.512. The van der Waals surface area contributed by atoms with Crippen LogP contribution < -0.4 is 25.6 Å². The Kier molecular flexibility index (Phi) is 5.91. The Balaban J connectivity index is 1.38. The first-order valence-electron chi connectivity index (χ1n) is 10.7. The van der Waals surface area contributed by atoms with E-state index in [1.165, 1.54) is 6.20 Å². The Morgan fingerprint density at radius 2 is 2.00 bits per heavy atom. The van der Waals surface area contributed by atoms with Crippen molar-refractivity contribution in [2.75, 3.05) is 55.2 Å². The van der Waals surface area contributed by atoms with Crippen LogP contribution in [0.3, 0.4) is 0 Å². The summed E-state index contributed by atoms with van der Waals surface area (Å²) in [5.74, 6) is 1.64. The van der Waals surface area contributed by atoms with Gasteiger partial charge in [0.2, 0.25) is 5.95 Å². The van der Waals surface area contributed by atoms with Gasteiger partial charge in [-0.05, 0) is 37.6 Å². The van der Waals surface area contributed by atoms with Crippen LogP contribution in [0.1, 0.15) is 0 Å². The molecule has 1 saturated heterocycles. The lowest BCUT2D eigenvalue weighted by Gasteiger charge is -2.41. The Morgan fingerprint density at radius 1 is 1.15 bits per heavy atom. The van der Waals surface area contributed by atoms with Crippen LogP contribution >= 0.6 is 18.7 Å². The Labute approximate surface area is 197 Å². The number of rotatable bonds is 5. The maximum Gasteiger partial charge on any atom is 0.229 e. The molecule has 0 saturated carbocycles. The van der Waals surface area contributed by atoms with E-state index in [9.17, 15) is 4.57 Å². The molecule has 8 nitrogen and oxygen atoms in total. The lowest BCUT2D eigenvalue weighted by molar-refractivity contribution is 0.0705. The molecular weight excluding hydrogens is 461 g/mol. The Morgan fingerprint density at radius 3 is 2.85 bits per heavy atom. The topological polar surface area (TPSA) is 88.6 Å². The average Bonchev–Trinajstić information content (AvgIpc) is 2.81. The molecule has 0 unspecified atom stereocenters. The van der Waals surface area contributed by atoms with E-state index in [1.54, 1.807) is 13.3 Å². The number of morpholine rings is 1. The second-order valence-electron chi connectivity index (χ2n) is 8.42. The molecule has 1 fully saturated rings. The van der Waals surface area contributed by atoms with Gasteiger partial charge in [0.15, 0.2) is 5.82 Å². The fourth-order valence-electron chi connectivity index (χ4n) is 4.06. The van der Waals surface area contributed by atoms with E-state index >= 15 is 0 Å². The first-order valence-corrected chi connectivity index (χ1v) is 13.7. The van der Waals surface area contributed by atoms with Crippen LogP contribution in [0.15, 0.2) is 48.7 Å². The molecule has 1 aromatic heterocycles. The number of nitrogens with one attached hydrogen (secondary N) is 2. The third kappa shape index (κ3) is 4.64. The van der Waals surface area contributed by atoms with Crippen LogP contribution in [-0.4, -0.2) is 55.7 Å². The maximum atomic E-state index is 12.7. The number of para-hydroxylation sites is 1. The molecule has 2 aliphatic rings. The third-order valence-electron chi connectivity index (χ3n) is 5.67. The van der Waals surface area contributed by atoms with Crippen molar-refractivity contribution in [1.82, 2.24) is 9.97 Å². The maximum absolute atomic E-state index is 12.7. The predicted molar refractivity (Wildman–Crippen MR) is 133 cm³/mol. The highest BCUT2D eigenvalue weighted by Gasteiger charge is 2.30. The molecule has 3 aromatic rings. The fraction of sp³-hybridized carbons (Fsp3) is 0.304. The zero-order valence-corrected chi connectivity index (χ0v) is 20.1. The molecule has 2 aliphatic heterocycles. The van der Waals surface area contributed by atoms with Crippen LogP contribution in [0.5, 0.6) is 5.75 Å². The molecule has 0 bridgehead atoms. The van der Waals surface area contributed by atoms with Crippen LogP contribution in [0, 0.1) is 0 Å². The van der Waals surface area contributed by atoms with E-state index < -0.39 is 7.14 Å². The summed E-state index contributed by atoms with van der Waals surface area (Å²) in [7, 11) is -2.49. The minimum atomic E-state index is -2.49. The number of aromatic nitrogens is 2. The molecule has 1 atom stereocenters. The molecule has 2 N–H and O–H groups in total.